The summed E-state index contributed by atoms with van der Waals surface area (Å²) >= 11 is 0. The van der Waals surface area contributed by atoms with Gasteiger partial charge in [-0.15, -0.1) is 0 Å². The van der Waals surface area contributed by atoms with Gasteiger partial charge in [-0.2, -0.15) is 0 Å². The van der Waals surface area contributed by atoms with Gasteiger partial charge in [0.15, 0.2) is 0 Å². The number of allylic oxidation sites excluding steroid dienone is 3. The van der Waals surface area contributed by atoms with Crippen molar-refractivity contribution in [2.45, 2.75) is 39.7 Å². The number of para-hydroxylation sites is 2. The van der Waals surface area contributed by atoms with Crippen LogP contribution in [0.3, 0.4) is 0 Å². The lowest BCUT2D eigenvalue weighted by Gasteiger charge is -2.46. The highest BCUT2D eigenvalue weighted by atomic mass is 14.9. The molecule has 3 heteroatoms. The highest BCUT2D eigenvalue weighted by Crippen LogP contribution is 2.53. The van der Waals surface area contributed by atoms with Crippen molar-refractivity contribution in [3.05, 3.63) is 94.8 Å². The minimum absolute atomic E-state index is 0.280. The Morgan fingerprint density at radius 3 is 1.80 bits per heavy atom. The highest BCUT2D eigenvalue weighted by molar-refractivity contribution is 5.91. The quantitative estimate of drug-likeness (QED) is 0.370. The van der Waals surface area contributed by atoms with Crippen molar-refractivity contribution in [2.75, 3.05) is 0 Å². The van der Waals surface area contributed by atoms with Gasteiger partial charge in [0, 0.05) is 49.7 Å². The van der Waals surface area contributed by atoms with Crippen LogP contribution in [0.25, 0.3) is 21.8 Å². The zero-order valence-electron chi connectivity index (χ0n) is 18.1. The normalized spacial score (nSPS) is 19.6. The lowest BCUT2D eigenvalue weighted by atomic mass is 9.60. The van der Waals surface area contributed by atoms with E-state index in [2.05, 4.69) is 104 Å². The Balaban J connectivity index is 1.92. The second-order valence-electron chi connectivity index (χ2n) is 9.05. The van der Waals surface area contributed by atoms with E-state index in [0.717, 1.165) is 28.8 Å². The molecule has 0 aliphatic heterocycles. The van der Waals surface area contributed by atoms with Crippen LogP contribution in [-0.4, -0.2) is 9.97 Å². The lowest BCUT2D eigenvalue weighted by Crippen LogP contribution is -2.52. The zero-order chi connectivity index (χ0) is 21.1. The van der Waals surface area contributed by atoms with Crippen molar-refractivity contribution in [1.29, 1.82) is 0 Å². The van der Waals surface area contributed by atoms with Gasteiger partial charge in [-0.05, 0) is 39.3 Å². The first-order valence-corrected chi connectivity index (χ1v) is 10.7. The molecular formula is C27H29N3. The molecule has 0 saturated carbocycles. The fourth-order valence-electron chi connectivity index (χ4n) is 5.38. The maximum Gasteiger partial charge on any atom is 0.0805 e. The number of fused-ring (bicyclic) bond motifs is 2. The third kappa shape index (κ3) is 2.48. The molecule has 3 nitrogen and oxygen atoms in total. The largest absolute Gasteiger partial charge is 0.358 e. The van der Waals surface area contributed by atoms with Gasteiger partial charge in [0.05, 0.1) is 5.54 Å². The van der Waals surface area contributed by atoms with Gasteiger partial charge in [-0.25, -0.2) is 0 Å². The number of hydrogen-bond donors (Lipinski definition) is 3. The van der Waals surface area contributed by atoms with Gasteiger partial charge >= 0.3 is 0 Å². The average Bonchev–Trinajstić information content (AvgIpc) is 3.25. The van der Waals surface area contributed by atoms with E-state index in [-0.39, 0.29) is 5.41 Å². The van der Waals surface area contributed by atoms with Gasteiger partial charge in [0.25, 0.3) is 0 Å². The van der Waals surface area contributed by atoms with E-state index in [1.165, 1.54) is 27.5 Å². The highest BCUT2D eigenvalue weighted by Gasteiger charge is 2.50. The van der Waals surface area contributed by atoms with Crippen LogP contribution >= 0.6 is 0 Å². The second-order valence-corrected chi connectivity index (χ2v) is 9.05. The molecule has 4 aromatic rings. The minimum Gasteiger partial charge on any atom is -0.358 e. The average molecular weight is 396 g/mol. The molecule has 0 saturated heterocycles. The molecule has 0 radical (unpaired) electrons. The Morgan fingerprint density at radius 1 is 0.833 bits per heavy atom. The topological polar surface area (TPSA) is 57.6 Å². The molecule has 1 atom stereocenters. The maximum absolute atomic E-state index is 7.70. The van der Waals surface area contributed by atoms with Crippen molar-refractivity contribution in [3.8, 4) is 0 Å². The van der Waals surface area contributed by atoms with E-state index < -0.39 is 5.54 Å². The Hall–Kier alpha value is -3.04. The fraction of sp³-hybridized carbons (Fsp3) is 0.259. The van der Waals surface area contributed by atoms with E-state index in [1.54, 1.807) is 0 Å². The van der Waals surface area contributed by atoms with Crippen LogP contribution < -0.4 is 5.73 Å². The SMILES string of the molecule is CC1=CCC(C)(C(N)(c2c(C)[nH]c3ccccc23)c2c(C)[nH]c3ccccc23)C=C1. The van der Waals surface area contributed by atoms with Crippen LogP contribution in [0.1, 0.15) is 42.8 Å². The van der Waals surface area contributed by atoms with Gasteiger partial charge in [-0.1, -0.05) is 67.1 Å². The molecule has 1 aliphatic rings. The molecule has 1 aliphatic carbocycles. The number of aromatic nitrogens is 2. The summed E-state index contributed by atoms with van der Waals surface area (Å²) in [6, 6.07) is 17.0. The summed E-state index contributed by atoms with van der Waals surface area (Å²) in [5.41, 5.74) is 14.9. The summed E-state index contributed by atoms with van der Waals surface area (Å²) in [4.78, 5) is 7.20. The minimum atomic E-state index is -0.714. The fourth-order valence-corrected chi connectivity index (χ4v) is 5.38. The van der Waals surface area contributed by atoms with Crippen LogP contribution in [0.15, 0.2) is 72.3 Å². The van der Waals surface area contributed by atoms with Crippen molar-refractivity contribution in [1.82, 2.24) is 9.97 Å². The molecular weight excluding hydrogens is 366 g/mol. The Morgan fingerprint density at radius 2 is 1.33 bits per heavy atom. The number of hydrogen-bond acceptors (Lipinski definition) is 1. The van der Waals surface area contributed by atoms with Crippen LogP contribution in [0.5, 0.6) is 0 Å². The summed E-state index contributed by atoms with van der Waals surface area (Å²) in [6.45, 7) is 8.76. The first kappa shape index (κ1) is 19.0. The molecule has 152 valence electrons. The molecule has 5 rings (SSSR count). The van der Waals surface area contributed by atoms with E-state index in [1.807, 2.05) is 0 Å². The Labute approximate surface area is 177 Å². The predicted octanol–water partition coefficient (Wildman–Crippen LogP) is 6.38. The Bertz CT molecular complexity index is 1250. The van der Waals surface area contributed by atoms with Gasteiger partial charge in [0.1, 0.15) is 0 Å². The summed E-state index contributed by atoms with van der Waals surface area (Å²) in [6.07, 6.45) is 7.75. The molecule has 0 bridgehead atoms. The van der Waals surface area contributed by atoms with Gasteiger partial charge in [-0.3, -0.25) is 0 Å². The van der Waals surface area contributed by atoms with Crippen LogP contribution in [0, 0.1) is 19.3 Å². The molecule has 30 heavy (non-hydrogen) atoms. The summed E-state index contributed by atoms with van der Waals surface area (Å²) in [5, 5.41) is 2.39. The summed E-state index contributed by atoms with van der Waals surface area (Å²) in [5.74, 6) is 0. The van der Waals surface area contributed by atoms with Crippen molar-refractivity contribution >= 4 is 21.8 Å². The first-order chi connectivity index (χ1) is 14.3. The molecule has 0 spiro atoms. The second kappa shape index (κ2) is 6.48. The number of H-pyrrole nitrogens is 2. The summed E-state index contributed by atoms with van der Waals surface area (Å²) in [7, 11) is 0. The van der Waals surface area contributed by atoms with E-state index >= 15 is 0 Å². The number of rotatable bonds is 3. The van der Waals surface area contributed by atoms with Crippen molar-refractivity contribution in [2.24, 2.45) is 11.1 Å². The molecule has 4 N–H and O–H groups in total. The van der Waals surface area contributed by atoms with Gasteiger partial charge in [0.2, 0.25) is 0 Å². The number of aromatic amines is 2. The first-order valence-electron chi connectivity index (χ1n) is 10.7. The maximum atomic E-state index is 7.70. The molecule has 0 amide bonds. The number of nitrogens with one attached hydrogen (secondary N) is 2. The van der Waals surface area contributed by atoms with E-state index in [0.29, 0.717) is 0 Å². The van der Waals surface area contributed by atoms with Gasteiger partial charge < -0.3 is 15.7 Å². The molecule has 1 unspecified atom stereocenters. The standard InChI is InChI=1S/C27H29N3/c1-17-13-15-26(4,16-14-17)27(28,24-18(2)29-22-11-7-5-9-20(22)24)25-19(3)30-23-12-8-6-10-21(23)25/h5-15,29-30H,16,28H2,1-4H3. The van der Waals surface area contributed by atoms with E-state index in [4.69, 9.17) is 5.73 Å². The lowest BCUT2D eigenvalue weighted by molar-refractivity contribution is 0.250. The molecule has 2 aromatic carbocycles. The van der Waals surface area contributed by atoms with Crippen LogP contribution in [-0.2, 0) is 5.54 Å². The zero-order valence-corrected chi connectivity index (χ0v) is 18.1. The Kier molecular flexibility index (Phi) is 4.09. The van der Waals surface area contributed by atoms with Crippen LogP contribution in [0.4, 0.5) is 0 Å². The molecule has 0 fully saturated rings. The molecule has 2 heterocycles. The number of nitrogens with two attached hydrogens (primary N) is 1. The predicted molar refractivity (Wildman–Crippen MR) is 127 cm³/mol. The number of aryl methyl sites for hydroxylation is 2. The van der Waals surface area contributed by atoms with Crippen molar-refractivity contribution in [3.63, 3.8) is 0 Å². The van der Waals surface area contributed by atoms with Crippen LogP contribution in [0.2, 0.25) is 0 Å². The molecule has 2 aromatic heterocycles. The smallest absolute Gasteiger partial charge is 0.0805 e. The monoisotopic (exact) mass is 395 g/mol. The van der Waals surface area contributed by atoms with Crippen molar-refractivity contribution < 1.29 is 0 Å². The summed E-state index contributed by atoms with van der Waals surface area (Å²) < 4.78 is 0. The van der Waals surface area contributed by atoms with E-state index in [9.17, 15) is 0 Å². The third-order valence-corrected chi connectivity index (χ3v) is 7.04. The number of benzene rings is 2. The third-order valence-electron chi connectivity index (χ3n) is 7.04.